The van der Waals surface area contributed by atoms with Gasteiger partial charge < -0.3 is 9.73 Å². The number of hydrogen-bond acceptors (Lipinski definition) is 4. The lowest BCUT2D eigenvalue weighted by atomic mass is 10.1. The zero-order chi connectivity index (χ0) is 13.1. The number of thiophene rings is 1. The van der Waals surface area contributed by atoms with Crippen LogP contribution in [0, 0.1) is 5.92 Å². The molecule has 3 rings (SSSR count). The Morgan fingerprint density at radius 2 is 2.37 bits per heavy atom. The average Bonchev–Trinajstić information content (AvgIpc) is 3.11. The van der Waals surface area contributed by atoms with E-state index in [2.05, 4.69) is 11.4 Å². The predicted molar refractivity (Wildman–Crippen MR) is 83.3 cm³/mol. The Bertz CT molecular complexity index is 505. The number of thioether (sulfide) groups is 1. The zero-order valence-corrected chi connectivity index (χ0v) is 12.9. The maximum atomic E-state index is 6.05. The van der Waals surface area contributed by atoms with E-state index in [4.69, 9.17) is 16.0 Å². The molecule has 0 aliphatic carbocycles. The normalized spacial score (nSPS) is 20.8. The quantitative estimate of drug-likeness (QED) is 0.884. The number of nitrogens with one attached hydrogen (secondary N) is 1. The van der Waals surface area contributed by atoms with Crippen molar-refractivity contribution in [2.45, 2.75) is 12.5 Å². The van der Waals surface area contributed by atoms with Crippen molar-refractivity contribution < 1.29 is 4.42 Å². The first-order valence-electron chi connectivity index (χ1n) is 6.42. The summed E-state index contributed by atoms with van der Waals surface area (Å²) in [5.74, 6) is 4.30. The molecular formula is C14H16ClNOS2. The summed E-state index contributed by atoms with van der Waals surface area (Å²) < 4.78 is 6.39. The van der Waals surface area contributed by atoms with Gasteiger partial charge in [-0.25, -0.2) is 0 Å². The lowest BCUT2D eigenvalue weighted by Crippen LogP contribution is -2.27. The molecule has 2 aromatic heterocycles. The molecule has 3 heterocycles. The van der Waals surface area contributed by atoms with Gasteiger partial charge >= 0.3 is 0 Å². The molecule has 0 aromatic carbocycles. The smallest absolute Gasteiger partial charge is 0.126 e. The Kier molecular flexibility index (Phi) is 4.53. The molecule has 0 saturated carbocycles. The molecule has 1 saturated heterocycles. The number of halogens is 1. The van der Waals surface area contributed by atoms with Crippen LogP contribution in [0.3, 0.4) is 0 Å². The average molecular weight is 314 g/mol. The van der Waals surface area contributed by atoms with Crippen LogP contribution in [-0.4, -0.2) is 18.1 Å². The lowest BCUT2D eigenvalue weighted by Gasteiger charge is -2.17. The molecule has 2 unspecified atom stereocenters. The first kappa shape index (κ1) is 13.6. The molecule has 0 bridgehead atoms. The largest absolute Gasteiger partial charge is 0.467 e. The van der Waals surface area contributed by atoms with E-state index in [-0.39, 0.29) is 6.04 Å². The Hall–Kier alpha value is -0.420. The minimum absolute atomic E-state index is 0.123. The predicted octanol–water partition coefficient (Wildman–Crippen LogP) is 4.43. The van der Waals surface area contributed by atoms with Crippen molar-refractivity contribution in [1.29, 1.82) is 0 Å². The van der Waals surface area contributed by atoms with E-state index < -0.39 is 0 Å². The molecule has 102 valence electrons. The van der Waals surface area contributed by atoms with Crippen molar-refractivity contribution >= 4 is 34.7 Å². The highest BCUT2D eigenvalue weighted by Crippen LogP contribution is 2.32. The van der Waals surface area contributed by atoms with Crippen molar-refractivity contribution in [2.75, 3.05) is 18.1 Å². The van der Waals surface area contributed by atoms with Crippen molar-refractivity contribution in [3.05, 3.63) is 45.5 Å². The molecule has 0 radical (unpaired) electrons. The fourth-order valence-corrected chi connectivity index (χ4v) is 4.74. The van der Waals surface area contributed by atoms with Crippen LogP contribution in [0.5, 0.6) is 0 Å². The monoisotopic (exact) mass is 313 g/mol. The molecule has 0 spiro atoms. The summed E-state index contributed by atoms with van der Waals surface area (Å²) in [6.45, 7) is 1.04. The molecule has 2 nitrogen and oxygen atoms in total. The van der Waals surface area contributed by atoms with Crippen LogP contribution < -0.4 is 5.32 Å². The number of furan rings is 1. The van der Waals surface area contributed by atoms with E-state index >= 15 is 0 Å². The van der Waals surface area contributed by atoms with Gasteiger partial charge in [0.2, 0.25) is 0 Å². The standard InChI is InChI=1S/C14H16ClNOS2/c15-13-4-3-12(19-13)14(11-2-1-6-17-11)16-8-10-5-7-18-9-10/h1-4,6,10,14,16H,5,7-9H2. The second-order valence-corrected chi connectivity index (χ2v) is 7.62. The highest BCUT2D eigenvalue weighted by atomic mass is 35.5. The van der Waals surface area contributed by atoms with Gasteiger partial charge in [-0.2, -0.15) is 11.8 Å². The molecule has 0 amide bonds. The fraction of sp³-hybridized carbons (Fsp3) is 0.429. The Morgan fingerprint density at radius 1 is 1.42 bits per heavy atom. The molecule has 2 aromatic rings. The Morgan fingerprint density at radius 3 is 3.00 bits per heavy atom. The summed E-state index contributed by atoms with van der Waals surface area (Å²) in [7, 11) is 0. The van der Waals surface area contributed by atoms with Gasteiger partial charge in [0.25, 0.3) is 0 Å². The third-order valence-corrected chi connectivity index (χ3v) is 5.87. The molecule has 2 atom stereocenters. The molecule has 1 fully saturated rings. The molecule has 1 aliphatic heterocycles. The Balaban J connectivity index is 1.73. The van der Waals surface area contributed by atoms with Crippen LogP contribution in [0.1, 0.15) is 23.1 Å². The fourth-order valence-electron chi connectivity index (χ4n) is 2.31. The van der Waals surface area contributed by atoms with Gasteiger partial charge in [0.15, 0.2) is 0 Å². The van der Waals surface area contributed by atoms with Crippen LogP contribution in [0.4, 0.5) is 0 Å². The lowest BCUT2D eigenvalue weighted by molar-refractivity contribution is 0.423. The minimum atomic E-state index is 0.123. The van der Waals surface area contributed by atoms with Gasteiger partial charge in [-0.1, -0.05) is 11.6 Å². The minimum Gasteiger partial charge on any atom is -0.467 e. The van der Waals surface area contributed by atoms with E-state index in [1.165, 1.54) is 22.8 Å². The summed E-state index contributed by atoms with van der Waals surface area (Å²) in [6.07, 6.45) is 3.04. The summed E-state index contributed by atoms with van der Waals surface area (Å²) in [4.78, 5) is 1.21. The zero-order valence-electron chi connectivity index (χ0n) is 10.5. The van der Waals surface area contributed by atoms with Gasteiger partial charge in [0, 0.05) is 4.88 Å². The number of hydrogen-bond donors (Lipinski definition) is 1. The van der Waals surface area contributed by atoms with E-state index in [1.807, 2.05) is 30.0 Å². The highest BCUT2D eigenvalue weighted by Gasteiger charge is 2.22. The van der Waals surface area contributed by atoms with Crippen LogP contribution in [0.25, 0.3) is 0 Å². The van der Waals surface area contributed by atoms with E-state index in [1.54, 1.807) is 17.6 Å². The van der Waals surface area contributed by atoms with Crippen LogP contribution in [-0.2, 0) is 0 Å². The second kappa shape index (κ2) is 6.35. The topological polar surface area (TPSA) is 25.2 Å². The number of rotatable bonds is 5. The van der Waals surface area contributed by atoms with Gasteiger partial charge in [0.1, 0.15) is 11.8 Å². The summed E-state index contributed by atoms with van der Waals surface area (Å²) >= 11 is 9.71. The maximum absolute atomic E-state index is 6.05. The molecule has 1 aliphatic rings. The maximum Gasteiger partial charge on any atom is 0.126 e. The summed E-state index contributed by atoms with van der Waals surface area (Å²) in [5.41, 5.74) is 0. The molecule has 5 heteroatoms. The first-order chi connectivity index (χ1) is 9.33. The molecule has 1 N–H and O–H groups in total. The van der Waals surface area contributed by atoms with Crippen molar-refractivity contribution in [2.24, 2.45) is 5.92 Å². The highest BCUT2D eigenvalue weighted by molar-refractivity contribution is 7.99. The van der Waals surface area contributed by atoms with E-state index in [9.17, 15) is 0 Å². The summed E-state index contributed by atoms with van der Waals surface area (Å²) in [5, 5.41) is 3.64. The van der Waals surface area contributed by atoms with Crippen molar-refractivity contribution in [3.63, 3.8) is 0 Å². The second-order valence-electron chi connectivity index (χ2n) is 4.73. The van der Waals surface area contributed by atoms with Crippen LogP contribution in [0.15, 0.2) is 34.9 Å². The van der Waals surface area contributed by atoms with Crippen LogP contribution in [0.2, 0.25) is 4.34 Å². The van der Waals surface area contributed by atoms with Gasteiger partial charge in [-0.15, -0.1) is 11.3 Å². The van der Waals surface area contributed by atoms with Gasteiger partial charge in [-0.05, 0) is 54.7 Å². The van der Waals surface area contributed by atoms with E-state index in [0.717, 1.165) is 22.6 Å². The summed E-state index contributed by atoms with van der Waals surface area (Å²) in [6, 6.07) is 8.11. The van der Waals surface area contributed by atoms with Crippen LogP contribution >= 0.6 is 34.7 Å². The third kappa shape index (κ3) is 3.37. The third-order valence-electron chi connectivity index (χ3n) is 3.34. The molecular weight excluding hydrogens is 298 g/mol. The van der Waals surface area contributed by atoms with Gasteiger partial charge in [0.05, 0.1) is 10.6 Å². The molecule has 19 heavy (non-hydrogen) atoms. The SMILES string of the molecule is Clc1ccc(C(NCC2CCSC2)c2ccco2)s1. The van der Waals surface area contributed by atoms with Gasteiger partial charge in [-0.3, -0.25) is 0 Å². The Labute approximate surface area is 126 Å². The first-order valence-corrected chi connectivity index (χ1v) is 8.77. The van der Waals surface area contributed by atoms with E-state index in [0.29, 0.717) is 0 Å². The van der Waals surface area contributed by atoms with Crippen molar-refractivity contribution in [3.8, 4) is 0 Å². The van der Waals surface area contributed by atoms with Crippen molar-refractivity contribution in [1.82, 2.24) is 5.32 Å².